The molecule has 1 aromatic heterocycles. The number of anilines is 1. The van der Waals surface area contributed by atoms with Crippen LogP contribution in [0.25, 0.3) is 11.3 Å². The number of rotatable bonds is 3. The van der Waals surface area contributed by atoms with Crippen molar-refractivity contribution in [1.82, 2.24) is 14.9 Å². The number of hydrogen-bond acceptors (Lipinski definition) is 6. The summed E-state index contributed by atoms with van der Waals surface area (Å²) in [5.41, 5.74) is 1.56. The zero-order chi connectivity index (χ0) is 21.8. The lowest BCUT2D eigenvalue weighted by molar-refractivity contribution is 0.0203. The predicted molar refractivity (Wildman–Crippen MR) is 120 cm³/mol. The van der Waals surface area contributed by atoms with Crippen molar-refractivity contribution < 1.29 is 14.3 Å². The number of carbonyl (C=O) groups excluding carboxylic acids is 1. The third-order valence-corrected chi connectivity index (χ3v) is 5.65. The van der Waals surface area contributed by atoms with Gasteiger partial charge in [-0.2, -0.15) is 0 Å². The summed E-state index contributed by atoms with van der Waals surface area (Å²) in [4.78, 5) is 26.4. The Morgan fingerprint density at radius 2 is 1.71 bits per heavy atom. The van der Waals surface area contributed by atoms with Gasteiger partial charge >= 0.3 is 6.09 Å². The minimum atomic E-state index is -0.478. The molecule has 7 heteroatoms. The predicted octanol–water partition coefficient (Wildman–Crippen LogP) is 4.09. The van der Waals surface area contributed by atoms with Gasteiger partial charge in [0.05, 0.1) is 18.9 Å². The minimum absolute atomic E-state index is 0.224. The Balaban J connectivity index is 1.54. The monoisotopic (exact) mass is 424 g/mol. The number of piperidine rings is 1. The normalized spacial score (nSPS) is 18.2. The van der Waals surface area contributed by atoms with Crippen LogP contribution in [0.4, 0.5) is 10.6 Å². The molecule has 0 saturated carbocycles. The van der Waals surface area contributed by atoms with Gasteiger partial charge in [0.25, 0.3) is 0 Å². The van der Waals surface area contributed by atoms with Gasteiger partial charge in [0.2, 0.25) is 0 Å². The lowest BCUT2D eigenvalue weighted by Crippen LogP contribution is -2.41. The second-order valence-electron chi connectivity index (χ2n) is 9.18. The molecule has 31 heavy (non-hydrogen) atoms. The lowest BCUT2D eigenvalue weighted by atomic mass is 9.96. The molecule has 4 rings (SSSR count). The first-order chi connectivity index (χ1) is 14.9. The quantitative estimate of drug-likeness (QED) is 0.739. The van der Waals surface area contributed by atoms with Crippen molar-refractivity contribution in [2.24, 2.45) is 0 Å². The van der Waals surface area contributed by atoms with E-state index in [0.29, 0.717) is 26.3 Å². The molecule has 2 saturated heterocycles. The Morgan fingerprint density at radius 3 is 2.35 bits per heavy atom. The Hall–Kier alpha value is -2.67. The van der Waals surface area contributed by atoms with Gasteiger partial charge in [-0.3, -0.25) is 0 Å². The SMILES string of the molecule is CC(C)(C)OC(=O)N1CCC(c2nc(-c3ccccc3)cc(N3CCOCC3)n2)CC1. The summed E-state index contributed by atoms with van der Waals surface area (Å²) < 4.78 is 11.0. The van der Waals surface area contributed by atoms with Crippen LogP contribution in [0.3, 0.4) is 0 Å². The first-order valence-corrected chi connectivity index (χ1v) is 11.1. The van der Waals surface area contributed by atoms with Crippen LogP contribution in [0.1, 0.15) is 45.4 Å². The first-order valence-electron chi connectivity index (χ1n) is 11.1. The van der Waals surface area contributed by atoms with E-state index >= 15 is 0 Å². The Bertz CT molecular complexity index is 883. The van der Waals surface area contributed by atoms with Crippen molar-refractivity contribution in [3.05, 3.63) is 42.2 Å². The summed E-state index contributed by atoms with van der Waals surface area (Å²) in [5, 5.41) is 0. The molecular weight excluding hydrogens is 392 g/mol. The van der Waals surface area contributed by atoms with Crippen molar-refractivity contribution in [2.45, 2.75) is 45.1 Å². The van der Waals surface area contributed by atoms with E-state index in [-0.39, 0.29) is 12.0 Å². The molecule has 3 heterocycles. The second kappa shape index (κ2) is 9.22. The summed E-state index contributed by atoms with van der Waals surface area (Å²) in [6.45, 7) is 10.1. The van der Waals surface area contributed by atoms with Crippen LogP contribution in [0, 0.1) is 0 Å². The van der Waals surface area contributed by atoms with Crippen LogP contribution < -0.4 is 4.90 Å². The summed E-state index contributed by atoms with van der Waals surface area (Å²) in [5.74, 6) is 2.05. The Morgan fingerprint density at radius 1 is 1.03 bits per heavy atom. The van der Waals surface area contributed by atoms with E-state index in [0.717, 1.165) is 48.8 Å². The smallest absolute Gasteiger partial charge is 0.410 e. The number of carbonyl (C=O) groups is 1. The van der Waals surface area contributed by atoms with Crippen LogP contribution in [-0.4, -0.2) is 66.0 Å². The average molecular weight is 425 g/mol. The highest BCUT2D eigenvalue weighted by Gasteiger charge is 2.29. The van der Waals surface area contributed by atoms with Crippen molar-refractivity contribution in [1.29, 1.82) is 0 Å². The number of benzene rings is 1. The third kappa shape index (κ3) is 5.53. The molecule has 0 radical (unpaired) electrons. The van der Waals surface area contributed by atoms with Gasteiger partial charge in [-0.25, -0.2) is 14.8 Å². The average Bonchev–Trinajstić information content (AvgIpc) is 2.79. The summed E-state index contributed by atoms with van der Waals surface area (Å²) >= 11 is 0. The molecule has 2 fully saturated rings. The minimum Gasteiger partial charge on any atom is -0.444 e. The van der Waals surface area contributed by atoms with Crippen LogP contribution in [0.15, 0.2) is 36.4 Å². The highest BCUT2D eigenvalue weighted by molar-refractivity contribution is 5.68. The zero-order valence-corrected chi connectivity index (χ0v) is 18.7. The summed E-state index contributed by atoms with van der Waals surface area (Å²) in [7, 11) is 0. The van der Waals surface area contributed by atoms with E-state index in [1.807, 2.05) is 39.0 Å². The maximum Gasteiger partial charge on any atom is 0.410 e. The molecule has 1 aromatic carbocycles. The number of nitrogens with zero attached hydrogens (tertiary/aromatic N) is 4. The van der Waals surface area contributed by atoms with E-state index in [4.69, 9.17) is 19.4 Å². The molecule has 2 aliphatic heterocycles. The molecule has 1 amide bonds. The molecule has 2 aromatic rings. The largest absolute Gasteiger partial charge is 0.444 e. The molecular formula is C24H32N4O3. The van der Waals surface area contributed by atoms with E-state index in [1.54, 1.807) is 4.90 Å². The van der Waals surface area contributed by atoms with Crippen molar-refractivity contribution in [2.75, 3.05) is 44.3 Å². The van der Waals surface area contributed by atoms with Crippen LogP contribution in [0.2, 0.25) is 0 Å². The van der Waals surface area contributed by atoms with Crippen molar-refractivity contribution in [3.8, 4) is 11.3 Å². The highest BCUT2D eigenvalue weighted by atomic mass is 16.6. The van der Waals surface area contributed by atoms with Gasteiger partial charge in [-0.1, -0.05) is 30.3 Å². The fourth-order valence-corrected chi connectivity index (χ4v) is 3.99. The van der Waals surface area contributed by atoms with Gasteiger partial charge < -0.3 is 19.3 Å². The van der Waals surface area contributed by atoms with Gasteiger partial charge in [0.15, 0.2) is 0 Å². The van der Waals surface area contributed by atoms with Crippen molar-refractivity contribution in [3.63, 3.8) is 0 Å². The number of aromatic nitrogens is 2. The van der Waals surface area contributed by atoms with Crippen LogP contribution in [-0.2, 0) is 9.47 Å². The van der Waals surface area contributed by atoms with E-state index < -0.39 is 5.60 Å². The maximum atomic E-state index is 12.4. The Kier molecular flexibility index (Phi) is 6.41. The van der Waals surface area contributed by atoms with Crippen LogP contribution >= 0.6 is 0 Å². The fourth-order valence-electron chi connectivity index (χ4n) is 3.99. The van der Waals surface area contributed by atoms with Gasteiger partial charge in [-0.15, -0.1) is 0 Å². The number of ether oxygens (including phenoxy) is 2. The Labute approximate surface area is 184 Å². The summed E-state index contributed by atoms with van der Waals surface area (Å²) in [6, 6.07) is 12.3. The molecule has 2 aliphatic rings. The molecule has 7 nitrogen and oxygen atoms in total. The van der Waals surface area contributed by atoms with Crippen LogP contribution in [0.5, 0.6) is 0 Å². The molecule has 0 bridgehead atoms. The molecule has 0 N–H and O–H groups in total. The zero-order valence-electron chi connectivity index (χ0n) is 18.7. The maximum absolute atomic E-state index is 12.4. The standard InChI is InChI=1S/C24H32N4O3/c1-24(2,3)31-23(29)28-11-9-19(10-12-28)22-25-20(18-7-5-4-6-8-18)17-21(26-22)27-13-15-30-16-14-27/h4-8,17,19H,9-16H2,1-3H3. The molecule has 0 spiro atoms. The fraction of sp³-hybridized carbons (Fsp3) is 0.542. The number of morpholine rings is 1. The highest BCUT2D eigenvalue weighted by Crippen LogP contribution is 2.30. The molecule has 0 aliphatic carbocycles. The number of amides is 1. The van der Waals surface area contributed by atoms with E-state index in [2.05, 4.69) is 23.1 Å². The van der Waals surface area contributed by atoms with Gasteiger partial charge in [0, 0.05) is 43.7 Å². The third-order valence-electron chi connectivity index (χ3n) is 5.65. The lowest BCUT2D eigenvalue weighted by Gasteiger charge is -2.33. The molecule has 166 valence electrons. The number of hydrogen-bond donors (Lipinski definition) is 0. The van der Waals surface area contributed by atoms with E-state index in [1.165, 1.54) is 0 Å². The van der Waals surface area contributed by atoms with Gasteiger partial charge in [-0.05, 0) is 33.6 Å². The van der Waals surface area contributed by atoms with Gasteiger partial charge in [0.1, 0.15) is 17.2 Å². The topological polar surface area (TPSA) is 67.8 Å². The van der Waals surface area contributed by atoms with Crippen molar-refractivity contribution >= 4 is 11.9 Å². The second-order valence-corrected chi connectivity index (χ2v) is 9.18. The number of likely N-dealkylation sites (tertiary alicyclic amines) is 1. The molecule has 0 unspecified atom stereocenters. The first kappa shape index (κ1) is 21.6. The molecule has 0 atom stereocenters. The summed E-state index contributed by atoms with van der Waals surface area (Å²) in [6.07, 6.45) is 1.43. The van der Waals surface area contributed by atoms with E-state index in [9.17, 15) is 4.79 Å².